The van der Waals surface area contributed by atoms with Crippen molar-refractivity contribution in [2.75, 3.05) is 18.1 Å². The van der Waals surface area contributed by atoms with Gasteiger partial charge < -0.3 is 5.32 Å². The van der Waals surface area contributed by atoms with E-state index in [-0.39, 0.29) is 11.6 Å². The lowest BCUT2D eigenvalue weighted by atomic mass is 10.1. The van der Waals surface area contributed by atoms with Gasteiger partial charge >= 0.3 is 0 Å². The Hall–Kier alpha value is -1.88. The smallest absolute Gasteiger partial charge is 0.151 e. The van der Waals surface area contributed by atoms with Gasteiger partial charge in [-0.1, -0.05) is 30.3 Å². The van der Waals surface area contributed by atoms with Crippen molar-refractivity contribution in [3.63, 3.8) is 0 Å². The monoisotopic (exact) mass is 333 g/mol. The molecule has 122 valence electrons. The van der Waals surface area contributed by atoms with E-state index in [1.807, 2.05) is 36.4 Å². The second kappa shape index (κ2) is 6.32. The molecule has 1 aliphatic rings. The second-order valence-corrected chi connectivity index (χ2v) is 8.40. The maximum absolute atomic E-state index is 13.0. The summed E-state index contributed by atoms with van der Waals surface area (Å²) in [5, 5.41) is 3.37. The molecule has 1 fully saturated rings. The molecule has 3 nitrogen and oxygen atoms in total. The maximum atomic E-state index is 13.0. The van der Waals surface area contributed by atoms with Crippen molar-refractivity contribution < 1.29 is 12.8 Å². The molecule has 0 spiro atoms. The quantitative estimate of drug-likeness (QED) is 0.879. The van der Waals surface area contributed by atoms with Crippen LogP contribution in [0.4, 0.5) is 10.1 Å². The highest BCUT2D eigenvalue weighted by molar-refractivity contribution is 7.89. The van der Waals surface area contributed by atoms with Gasteiger partial charge in [-0.25, -0.2) is 12.8 Å². The number of anilines is 1. The third-order valence-corrected chi connectivity index (χ3v) is 5.05. The third kappa shape index (κ3) is 4.32. The maximum Gasteiger partial charge on any atom is 0.151 e. The normalized spacial score (nSPS) is 20.3. The summed E-state index contributed by atoms with van der Waals surface area (Å²) in [6.07, 6.45) is 2.32. The van der Waals surface area contributed by atoms with Crippen LogP contribution in [0.25, 0.3) is 0 Å². The Morgan fingerprint density at radius 2 is 1.83 bits per heavy atom. The van der Waals surface area contributed by atoms with Crippen LogP contribution >= 0.6 is 0 Å². The molecule has 0 aromatic heterocycles. The predicted octanol–water partition coefficient (Wildman–Crippen LogP) is 3.59. The second-order valence-electron chi connectivity index (χ2n) is 6.26. The number of hydrogen-bond acceptors (Lipinski definition) is 3. The Kier molecular flexibility index (Phi) is 4.39. The molecule has 2 unspecified atom stereocenters. The van der Waals surface area contributed by atoms with Crippen LogP contribution in [0.2, 0.25) is 0 Å². The first-order valence-electron chi connectivity index (χ1n) is 7.67. The zero-order valence-corrected chi connectivity index (χ0v) is 13.8. The number of benzene rings is 2. The van der Waals surface area contributed by atoms with Crippen LogP contribution in [-0.2, 0) is 15.6 Å². The summed E-state index contributed by atoms with van der Waals surface area (Å²) >= 11 is 0. The van der Waals surface area contributed by atoms with Gasteiger partial charge in [-0.05, 0) is 47.6 Å². The van der Waals surface area contributed by atoms with Crippen molar-refractivity contribution in [1.29, 1.82) is 0 Å². The fraction of sp³-hybridized carbons (Fsp3) is 0.333. The lowest BCUT2D eigenvalue weighted by molar-refractivity contribution is 0.601. The van der Waals surface area contributed by atoms with Gasteiger partial charge in [0.1, 0.15) is 5.82 Å². The van der Waals surface area contributed by atoms with E-state index in [4.69, 9.17) is 0 Å². The highest BCUT2D eigenvalue weighted by atomic mass is 32.2. The predicted molar refractivity (Wildman–Crippen MR) is 90.7 cm³/mol. The van der Waals surface area contributed by atoms with Crippen LogP contribution < -0.4 is 5.32 Å². The Bertz CT molecular complexity index is 787. The zero-order chi connectivity index (χ0) is 16.4. The minimum atomic E-state index is -3.06. The van der Waals surface area contributed by atoms with E-state index >= 15 is 0 Å². The van der Waals surface area contributed by atoms with Gasteiger partial charge in [0.15, 0.2) is 9.84 Å². The van der Waals surface area contributed by atoms with Gasteiger partial charge in [-0.3, -0.25) is 0 Å². The van der Waals surface area contributed by atoms with Crippen LogP contribution in [0.3, 0.4) is 0 Å². The van der Waals surface area contributed by atoms with Gasteiger partial charge in [0, 0.05) is 18.5 Å². The van der Waals surface area contributed by atoms with Crippen molar-refractivity contribution in [1.82, 2.24) is 0 Å². The average molecular weight is 333 g/mol. The molecule has 0 amide bonds. The summed E-state index contributed by atoms with van der Waals surface area (Å²) in [5.74, 6) is 0.804. The number of hydrogen-bond donors (Lipinski definition) is 1. The fourth-order valence-corrected chi connectivity index (χ4v) is 3.75. The first-order chi connectivity index (χ1) is 10.9. The SMILES string of the molecule is CS(=O)(=O)Cc1ccccc1NCC1CC1c1ccc(F)cc1. The van der Waals surface area contributed by atoms with E-state index in [1.54, 1.807) is 0 Å². The summed E-state index contributed by atoms with van der Waals surface area (Å²) in [5.41, 5.74) is 2.85. The first kappa shape index (κ1) is 16.0. The molecule has 23 heavy (non-hydrogen) atoms. The lowest BCUT2D eigenvalue weighted by Gasteiger charge is -2.11. The van der Waals surface area contributed by atoms with Crippen LogP contribution in [0.5, 0.6) is 0 Å². The molecule has 2 aromatic rings. The molecule has 0 saturated heterocycles. The van der Waals surface area contributed by atoms with Crippen LogP contribution in [0, 0.1) is 11.7 Å². The van der Waals surface area contributed by atoms with Crippen molar-refractivity contribution in [3.05, 3.63) is 65.5 Å². The van der Waals surface area contributed by atoms with Crippen LogP contribution in [-0.4, -0.2) is 21.2 Å². The van der Waals surface area contributed by atoms with E-state index in [2.05, 4.69) is 5.32 Å². The Balaban J connectivity index is 1.61. The molecule has 3 rings (SSSR count). The summed E-state index contributed by atoms with van der Waals surface area (Å²) in [6.45, 7) is 0.794. The Labute approximate surface area is 136 Å². The van der Waals surface area contributed by atoms with E-state index in [1.165, 1.54) is 24.0 Å². The molecule has 0 bridgehead atoms. The molecule has 2 aromatic carbocycles. The van der Waals surface area contributed by atoms with E-state index in [0.717, 1.165) is 24.2 Å². The highest BCUT2D eigenvalue weighted by Gasteiger charge is 2.37. The molecular formula is C18H20FNO2S. The molecule has 1 N–H and O–H groups in total. The van der Waals surface area contributed by atoms with Gasteiger partial charge in [0.25, 0.3) is 0 Å². The summed E-state index contributed by atoms with van der Waals surface area (Å²) in [4.78, 5) is 0. The first-order valence-corrected chi connectivity index (χ1v) is 9.73. The van der Waals surface area contributed by atoms with Crippen molar-refractivity contribution >= 4 is 15.5 Å². The van der Waals surface area contributed by atoms with Gasteiger partial charge in [-0.15, -0.1) is 0 Å². The van der Waals surface area contributed by atoms with E-state index in [9.17, 15) is 12.8 Å². The topological polar surface area (TPSA) is 46.2 Å². The summed E-state index contributed by atoms with van der Waals surface area (Å²) < 4.78 is 36.0. The molecule has 0 aliphatic heterocycles. The van der Waals surface area contributed by atoms with E-state index < -0.39 is 9.84 Å². The van der Waals surface area contributed by atoms with Crippen molar-refractivity contribution in [2.24, 2.45) is 5.92 Å². The van der Waals surface area contributed by atoms with Gasteiger partial charge in [0.05, 0.1) is 5.75 Å². The lowest BCUT2D eigenvalue weighted by Crippen LogP contribution is -2.09. The molecule has 1 saturated carbocycles. The van der Waals surface area contributed by atoms with Crippen LogP contribution in [0.1, 0.15) is 23.5 Å². The average Bonchev–Trinajstić information content (AvgIpc) is 3.25. The number of halogens is 1. The number of para-hydroxylation sites is 1. The molecule has 5 heteroatoms. The number of nitrogens with one attached hydrogen (secondary N) is 1. The summed E-state index contributed by atoms with van der Waals surface area (Å²) in [7, 11) is -3.06. The molecular weight excluding hydrogens is 313 g/mol. The zero-order valence-electron chi connectivity index (χ0n) is 13.0. The summed E-state index contributed by atoms with van der Waals surface area (Å²) in [6, 6.07) is 14.2. The Morgan fingerprint density at radius 3 is 2.52 bits per heavy atom. The molecule has 0 radical (unpaired) electrons. The molecule has 1 aliphatic carbocycles. The van der Waals surface area contributed by atoms with Gasteiger partial charge in [-0.2, -0.15) is 0 Å². The van der Waals surface area contributed by atoms with Gasteiger partial charge in [0.2, 0.25) is 0 Å². The van der Waals surface area contributed by atoms with E-state index in [0.29, 0.717) is 11.8 Å². The molecule has 0 heterocycles. The Morgan fingerprint density at radius 1 is 1.13 bits per heavy atom. The molecule has 2 atom stereocenters. The minimum absolute atomic E-state index is 0.0439. The fourth-order valence-electron chi connectivity index (χ4n) is 2.93. The van der Waals surface area contributed by atoms with Crippen molar-refractivity contribution in [3.8, 4) is 0 Å². The standard InChI is InChI=1S/C18H20FNO2S/c1-23(21,22)12-14-4-2-3-5-18(14)20-11-15-10-17(15)13-6-8-16(19)9-7-13/h2-9,15,17,20H,10-12H2,1H3. The number of sulfone groups is 1. The number of rotatable bonds is 6. The van der Waals surface area contributed by atoms with Crippen molar-refractivity contribution in [2.45, 2.75) is 18.1 Å². The highest BCUT2D eigenvalue weighted by Crippen LogP contribution is 2.47. The third-order valence-electron chi connectivity index (χ3n) is 4.21. The minimum Gasteiger partial charge on any atom is -0.384 e. The van der Waals surface area contributed by atoms with Crippen LogP contribution in [0.15, 0.2) is 48.5 Å². The largest absolute Gasteiger partial charge is 0.384 e.